The van der Waals surface area contributed by atoms with Gasteiger partial charge in [-0.2, -0.15) is 0 Å². The van der Waals surface area contributed by atoms with Crippen LogP contribution in [0.5, 0.6) is 0 Å². The van der Waals surface area contributed by atoms with Crippen molar-refractivity contribution in [2.24, 2.45) is 16.7 Å². The van der Waals surface area contributed by atoms with Crippen molar-refractivity contribution in [3.05, 3.63) is 35.6 Å². The van der Waals surface area contributed by atoms with Crippen molar-refractivity contribution in [3.63, 3.8) is 0 Å². The molecule has 2 aromatic heterocycles. The highest BCUT2D eigenvalue weighted by Crippen LogP contribution is 2.65. The maximum Gasteiger partial charge on any atom is 0.226 e. The number of thiazole rings is 1. The molecule has 0 saturated heterocycles. The lowest BCUT2D eigenvalue weighted by molar-refractivity contribution is -0.122. The number of rotatable bonds is 4. The van der Waals surface area contributed by atoms with Gasteiger partial charge in [-0.3, -0.25) is 9.78 Å². The van der Waals surface area contributed by atoms with Gasteiger partial charge in [0.2, 0.25) is 5.91 Å². The summed E-state index contributed by atoms with van der Waals surface area (Å²) in [5.41, 5.74) is 2.38. The third kappa shape index (κ3) is 2.69. The van der Waals surface area contributed by atoms with Gasteiger partial charge in [-0.05, 0) is 48.1 Å². The maximum absolute atomic E-state index is 12.6. The quantitative estimate of drug-likeness (QED) is 0.899. The predicted molar refractivity (Wildman–Crippen MR) is 100 cm³/mol. The molecule has 0 aromatic carbocycles. The minimum atomic E-state index is 0.0950. The highest BCUT2D eigenvalue weighted by atomic mass is 32.1. The average molecular weight is 356 g/mol. The van der Waals surface area contributed by atoms with Crippen LogP contribution < -0.4 is 5.32 Å². The van der Waals surface area contributed by atoms with Crippen LogP contribution in [0.1, 0.15) is 45.7 Å². The second-order valence-electron chi connectivity index (χ2n) is 8.29. The van der Waals surface area contributed by atoms with Gasteiger partial charge in [0.15, 0.2) is 0 Å². The predicted octanol–water partition coefficient (Wildman–Crippen LogP) is 4.08. The number of carbonyl (C=O) groups is 1. The fourth-order valence-electron chi connectivity index (χ4n) is 4.84. The number of carbonyl (C=O) groups excluding carboxylic acids is 1. The molecule has 2 saturated carbocycles. The lowest BCUT2D eigenvalue weighted by Crippen LogP contribution is -2.47. The Bertz CT molecular complexity index is 785. The molecule has 2 fully saturated rings. The molecule has 5 heteroatoms. The molecule has 25 heavy (non-hydrogen) atoms. The fraction of sp³-hybridized carbons (Fsp3) is 0.550. The van der Waals surface area contributed by atoms with Crippen molar-refractivity contribution in [3.8, 4) is 10.6 Å². The van der Waals surface area contributed by atoms with Crippen molar-refractivity contribution in [2.75, 3.05) is 0 Å². The van der Waals surface area contributed by atoms with E-state index in [9.17, 15) is 4.79 Å². The van der Waals surface area contributed by atoms with E-state index in [1.165, 1.54) is 12.8 Å². The monoisotopic (exact) mass is 355 g/mol. The summed E-state index contributed by atoms with van der Waals surface area (Å²) in [6, 6.07) is 4.19. The fourth-order valence-corrected chi connectivity index (χ4v) is 5.65. The molecule has 4 rings (SSSR count). The van der Waals surface area contributed by atoms with Crippen molar-refractivity contribution in [2.45, 2.75) is 52.5 Å². The van der Waals surface area contributed by atoms with E-state index < -0.39 is 0 Å². The van der Waals surface area contributed by atoms with E-state index in [0.29, 0.717) is 17.9 Å². The van der Waals surface area contributed by atoms with Gasteiger partial charge in [0.25, 0.3) is 0 Å². The van der Waals surface area contributed by atoms with E-state index in [1.54, 1.807) is 23.7 Å². The summed E-state index contributed by atoms with van der Waals surface area (Å²) in [6.45, 7) is 7.10. The normalized spacial score (nSPS) is 29.7. The van der Waals surface area contributed by atoms with Crippen molar-refractivity contribution in [1.82, 2.24) is 15.3 Å². The van der Waals surface area contributed by atoms with Crippen LogP contribution >= 0.6 is 11.3 Å². The molecule has 132 valence electrons. The number of hydrogen-bond donors (Lipinski definition) is 1. The van der Waals surface area contributed by atoms with Gasteiger partial charge < -0.3 is 5.32 Å². The molecule has 2 aromatic rings. The zero-order valence-electron chi connectivity index (χ0n) is 15.1. The third-order valence-corrected chi connectivity index (χ3v) is 7.87. The molecule has 2 aliphatic rings. The van der Waals surface area contributed by atoms with E-state index in [2.05, 4.69) is 36.1 Å². The first-order valence-electron chi connectivity index (χ1n) is 9.04. The molecule has 0 unspecified atom stereocenters. The number of amides is 1. The van der Waals surface area contributed by atoms with Crippen LogP contribution in [-0.4, -0.2) is 21.9 Å². The number of pyridine rings is 1. The van der Waals surface area contributed by atoms with Gasteiger partial charge in [0.05, 0.1) is 12.1 Å². The first-order chi connectivity index (χ1) is 11.9. The van der Waals surface area contributed by atoms with Gasteiger partial charge in [-0.1, -0.05) is 20.8 Å². The van der Waals surface area contributed by atoms with Crippen molar-refractivity contribution < 1.29 is 4.79 Å². The Balaban J connectivity index is 1.42. The van der Waals surface area contributed by atoms with Crippen LogP contribution in [0, 0.1) is 16.7 Å². The maximum atomic E-state index is 12.6. The van der Waals surface area contributed by atoms with E-state index in [0.717, 1.165) is 28.6 Å². The van der Waals surface area contributed by atoms with Crippen molar-refractivity contribution in [1.29, 1.82) is 0 Å². The van der Waals surface area contributed by atoms with Crippen LogP contribution in [0.2, 0.25) is 0 Å². The largest absolute Gasteiger partial charge is 0.352 e. The molecule has 0 radical (unpaired) electrons. The van der Waals surface area contributed by atoms with Crippen LogP contribution in [0.3, 0.4) is 0 Å². The van der Waals surface area contributed by atoms with Crippen LogP contribution in [0.25, 0.3) is 10.6 Å². The van der Waals surface area contributed by atoms with Gasteiger partial charge in [-0.25, -0.2) is 4.98 Å². The zero-order chi connectivity index (χ0) is 17.7. The minimum absolute atomic E-state index is 0.0950. The topological polar surface area (TPSA) is 54.9 Å². The molecular weight excluding hydrogens is 330 g/mol. The van der Waals surface area contributed by atoms with E-state index in [4.69, 9.17) is 0 Å². The number of fused-ring (bicyclic) bond motifs is 2. The average Bonchev–Trinajstić information content (AvgIpc) is 3.18. The summed E-state index contributed by atoms with van der Waals surface area (Å²) in [6.07, 6.45) is 7.55. The van der Waals surface area contributed by atoms with Crippen LogP contribution in [0.15, 0.2) is 29.9 Å². The molecule has 3 atom stereocenters. The molecule has 1 amide bonds. The molecule has 0 aliphatic heterocycles. The van der Waals surface area contributed by atoms with Crippen LogP contribution in [0.4, 0.5) is 0 Å². The molecule has 2 bridgehead atoms. The van der Waals surface area contributed by atoms with Gasteiger partial charge in [0, 0.05) is 29.4 Å². The van der Waals surface area contributed by atoms with Gasteiger partial charge in [-0.15, -0.1) is 11.3 Å². The Morgan fingerprint density at radius 2 is 2.24 bits per heavy atom. The number of aromatic nitrogens is 2. The second kappa shape index (κ2) is 5.90. The smallest absolute Gasteiger partial charge is 0.226 e. The Hall–Kier alpha value is -1.75. The Morgan fingerprint density at radius 3 is 2.88 bits per heavy atom. The zero-order valence-corrected chi connectivity index (χ0v) is 15.9. The van der Waals surface area contributed by atoms with Gasteiger partial charge in [0.1, 0.15) is 5.01 Å². The van der Waals surface area contributed by atoms with E-state index >= 15 is 0 Å². The van der Waals surface area contributed by atoms with Gasteiger partial charge >= 0.3 is 0 Å². The second-order valence-corrected chi connectivity index (χ2v) is 9.15. The standard InChI is InChI=1S/C20H25N3OS/c1-19(2)14-6-7-20(19,3)16(9-14)23-17(24)10-15-12-25-18(22-15)13-5-4-8-21-11-13/h4-5,8,11-12,14,16H,6-7,9-10H2,1-3H3,(H,23,24)/t14-,16+,20-/m0/s1. The van der Waals surface area contributed by atoms with E-state index in [1.807, 2.05) is 17.5 Å². The molecule has 4 nitrogen and oxygen atoms in total. The Kier molecular flexibility index (Phi) is 3.95. The SMILES string of the molecule is CC1(C)[C@H]2CC[C@@]1(C)[C@H](NC(=O)Cc1csc(-c3cccnc3)n1)C2. The number of nitrogens with zero attached hydrogens (tertiary/aromatic N) is 2. The molecule has 2 aliphatic carbocycles. The van der Waals surface area contributed by atoms with Crippen molar-refractivity contribution >= 4 is 17.2 Å². The summed E-state index contributed by atoms with van der Waals surface area (Å²) in [5.74, 6) is 0.830. The summed E-state index contributed by atoms with van der Waals surface area (Å²) in [4.78, 5) is 21.3. The Morgan fingerprint density at radius 1 is 1.40 bits per heavy atom. The Labute approximate surface area is 153 Å². The summed E-state index contributed by atoms with van der Waals surface area (Å²) in [7, 11) is 0. The minimum Gasteiger partial charge on any atom is -0.352 e. The number of nitrogens with one attached hydrogen (secondary N) is 1. The molecule has 1 N–H and O–H groups in total. The number of hydrogen-bond acceptors (Lipinski definition) is 4. The van der Waals surface area contributed by atoms with Crippen LogP contribution in [-0.2, 0) is 11.2 Å². The highest BCUT2D eigenvalue weighted by molar-refractivity contribution is 7.13. The first-order valence-corrected chi connectivity index (χ1v) is 9.92. The summed E-state index contributed by atoms with van der Waals surface area (Å²) in [5, 5.41) is 6.22. The third-order valence-electron chi connectivity index (χ3n) is 6.93. The molecule has 0 spiro atoms. The molecular formula is C20H25N3OS. The highest BCUT2D eigenvalue weighted by Gasteiger charge is 2.61. The lowest BCUT2D eigenvalue weighted by atomic mass is 9.69. The molecule has 2 heterocycles. The lowest BCUT2D eigenvalue weighted by Gasteiger charge is -2.39. The summed E-state index contributed by atoms with van der Waals surface area (Å²) < 4.78 is 0. The summed E-state index contributed by atoms with van der Waals surface area (Å²) >= 11 is 1.57. The first kappa shape index (κ1) is 16.7. The van der Waals surface area contributed by atoms with E-state index in [-0.39, 0.29) is 11.3 Å².